The minimum absolute atomic E-state index is 0.0372. The van der Waals surface area contributed by atoms with Crippen LogP contribution in [0.4, 0.5) is 11.4 Å². The second kappa shape index (κ2) is 7.05. The molecule has 1 atom stereocenters. The fraction of sp³-hybridized carbons (Fsp3) is 0.455. The summed E-state index contributed by atoms with van der Waals surface area (Å²) in [5, 5.41) is 21.5. The van der Waals surface area contributed by atoms with Crippen LogP contribution in [0.5, 0.6) is 0 Å². The molecule has 1 rings (SSSR count). The molecule has 0 heterocycles. The molecule has 1 aromatic carbocycles. The van der Waals surface area contributed by atoms with Crippen LogP contribution in [0.1, 0.15) is 26.7 Å². The van der Waals surface area contributed by atoms with Gasteiger partial charge in [-0.05, 0) is 19.4 Å². The van der Waals surface area contributed by atoms with Gasteiger partial charge in [-0.3, -0.25) is 20.2 Å². The van der Waals surface area contributed by atoms with E-state index in [2.05, 4.69) is 0 Å². The topological polar surface area (TPSA) is 95.5 Å². The van der Waals surface area contributed by atoms with Crippen molar-refractivity contribution in [3.8, 4) is 0 Å². The van der Waals surface area contributed by atoms with Gasteiger partial charge in [0, 0.05) is 18.1 Å². The van der Waals surface area contributed by atoms with Gasteiger partial charge in [0.25, 0.3) is 11.4 Å². The Kier molecular flexibility index (Phi) is 5.71. The van der Waals surface area contributed by atoms with E-state index in [1.54, 1.807) is 0 Å². The molecule has 0 aliphatic rings. The summed E-state index contributed by atoms with van der Waals surface area (Å²) in [7, 11) is 0. The van der Waals surface area contributed by atoms with E-state index in [4.69, 9.17) is 4.18 Å². The summed E-state index contributed by atoms with van der Waals surface area (Å²) in [5.41, 5.74) is -0.624. The number of hydrogen-bond acceptors (Lipinski definition) is 6. The quantitative estimate of drug-likeness (QED) is 0.430. The Morgan fingerprint density at radius 3 is 2.53 bits per heavy atom. The van der Waals surface area contributed by atoms with Gasteiger partial charge in [-0.25, -0.2) is 0 Å². The van der Waals surface area contributed by atoms with E-state index in [0.29, 0.717) is 0 Å². The monoisotopic (exact) mass is 286 g/mol. The largest absolute Gasteiger partial charge is 0.307 e. The van der Waals surface area contributed by atoms with E-state index in [0.717, 1.165) is 31.0 Å². The molecule has 0 aromatic heterocycles. The molecule has 7 nitrogen and oxygen atoms in total. The third-order valence-electron chi connectivity index (χ3n) is 2.35. The summed E-state index contributed by atoms with van der Waals surface area (Å²) < 4.78 is 5.40. The number of rotatable bonds is 7. The summed E-state index contributed by atoms with van der Waals surface area (Å²) in [6.45, 7) is 3.88. The molecule has 0 spiro atoms. The highest BCUT2D eigenvalue weighted by Gasteiger charge is 2.20. The van der Waals surface area contributed by atoms with Crippen molar-refractivity contribution in [3.63, 3.8) is 0 Å². The normalized spacial score (nSPS) is 12.1. The van der Waals surface area contributed by atoms with Crippen molar-refractivity contribution < 1.29 is 14.0 Å². The van der Waals surface area contributed by atoms with E-state index >= 15 is 0 Å². The second-order valence-electron chi connectivity index (χ2n) is 3.95. The summed E-state index contributed by atoms with van der Waals surface area (Å²) in [6.07, 6.45) is 1.75. The van der Waals surface area contributed by atoms with Crippen LogP contribution in [-0.2, 0) is 4.18 Å². The molecular weight excluding hydrogens is 272 g/mol. The van der Waals surface area contributed by atoms with Crippen molar-refractivity contribution in [2.45, 2.75) is 37.7 Å². The minimum Gasteiger partial charge on any atom is -0.307 e. The van der Waals surface area contributed by atoms with Gasteiger partial charge in [0.1, 0.15) is 4.90 Å². The maximum Gasteiger partial charge on any atom is 0.292 e. The van der Waals surface area contributed by atoms with Gasteiger partial charge < -0.3 is 4.18 Å². The molecule has 0 unspecified atom stereocenters. The highest BCUT2D eigenvalue weighted by molar-refractivity contribution is 7.94. The lowest BCUT2D eigenvalue weighted by Gasteiger charge is -2.10. The molecule has 0 saturated heterocycles. The Labute approximate surface area is 114 Å². The third kappa shape index (κ3) is 4.49. The summed E-state index contributed by atoms with van der Waals surface area (Å²) in [5.74, 6) is 0. The first kappa shape index (κ1) is 15.4. The van der Waals surface area contributed by atoms with Crippen LogP contribution in [0, 0.1) is 20.2 Å². The Morgan fingerprint density at radius 2 is 2.00 bits per heavy atom. The number of hydrogen-bond donors (Lipinski definition) is 0. The van der Waals surface area contributed by atoms with Crippen molar-refractivity contribution in [1.29, 1.82) is 0 Å². The SMILES string of the molecule is CCC[C@@H](C)OSc1ccc([N+](=O)[O-])cc1[N+](=O)[O-]. The molecule has 0 N–H and O–H groups in total. The van der Waals surface area contributed by atoms with E-state index in [1.807, 2.05) is 13.8 Å². The number of nitro benzene ring substituents is 2. The lowest BCUT2D eigenvalue weighted by Crippen LogP contribution is -2.02. The zero-order chi connectivity index (χ0) is 14.4. The van der Waals surface area contributed by atoms with Gasteiger partial charge in [-0.15, -0.1) is 0 Å². The zero-order valence-electron chi connectivity index (χ0n) is 10.6. The molecule has 1 aromatic rings. The Morgan fingerprint density at radius 1 is 1.32 bits per heavy atom. The van der Waals surface area contributed by atoms with Crippen LogP contribution in [0.15, 0.2) is 23.1 Å². The van der Waals surface area contributed by atoms with Crippen LogP contribution in [-0.4, -0.2) is 16.0 Å². The standard InChI is InChI=1S/C11H14N2O5S/c1-3-4-8(2)18-19-11-6-5-9(12(14)15)7-10(11)13(16)17/h5-8H,3-4H2,1-2H3/t8-/m1/s1. The Balaban J connectivity index is 2.88. The fourth-order valence-corrected chi connectivity index (χ4v) is 2.13. The fourth-order valence-electron chi connectivity index (χ4n) is 1.42. The first-order valence-corrected chi connectivity index (χ1v) is 6.46. The molecule has 0 aliphatic heterocycles. The highest BCUT2D eigenvalue weighted by Crippen LogP contribution is 2.33. The third-order valence-corrected chi connectivity index (χ3v) is 3.30. The van der Waals surface area contributed by atoms with E-state index < -0.39 is 9.85 Å². The Hall–Kier alpha value is -1.67. The van der Waals surface area contributed by atoms with Crippen molar-refractivity contribution in [2.24, 2.45) is 0 Å². The van der Waals surface area contributed by atoms with Gasteiger partial charge in [0.05, 0.1) is 22.0 Å². The minimum atomic E-state index is -0.665. The highest BCUT2D eigenvalue weighted by atomic mass is 32.2. The maximum atomic E-state index is 10.9. The van der Waals surface area contributed by atoms with Crippen LogP contribution in [0.2, 0.25) is 0 Å². The summed E-state index contributed by atoms with van der Waals surface area (Å²) >= 11 is 0.880. The van der Waals surface area contributed by atoms with Gasteiger partial charge in [-0.2, -0.15) is 0 Å². The molecule has 19 heavy (non-hydrogen) atoms. The predicted molar refractivity (Wildman–Crippen MR) is 71.1 cm³/mol. The van der Waals surface area contributed by atoms with Crippen LogP contribution < -0.4 is 0 Å². The Bertz CT molecular complexity index is 480. The van der Waals surface area contributed by atoms with Gasteiger partial charge in [-0.1, -0.05) is 13.3 Å². The van der Waals surface area contributed by atoms with Crippen LogP contribution in [0.25, 0.3) is 0 Å². The summed E-state index contributed by atoms with van der Waals surface area (Å²) in [4.78, 5) is 20.4. The van der Waals surface area contributed by atoms with Crippen molar-refractivity contribution in [1.82, 2.24) is 0 Å². The van der Waals surface area contributed by atoms with E-state index in [-0.39, 0.29) is 22.4 Å². The molecule has 0 bridgehead atoms. The van der Waals surface area contributed by atoms with Gasteiger partial charge in [0.2, 0.25) is 0 Å². The number of nitro groups is 2. The average Bonchev–Trinajstić information content (AvgIpc) is 2.36. The van der Waals surface area contributed by atoms with Crippen molar-refractivity contribution in [3.05, 3.63) is 38.4 Å². The smallest absolute Gasteiger partial charge is 0.292 e. The maximum absolute atomic E-state index is 10.9. The van der Waals surface area contributed by atoms with E-state index in [9.17, 15) is 20.2 Å². The zero-order valence-corrected chi connectivity index (χ0v) is 11.4. The van der Waals surface area contributed by atoms with Crippen molar-refractivity contribution >= 4 is 23.4 Å². The van der Waals surface area contributed by atoms with Crippen LogP contribution >= 0.6 is 12.0 Å². The number of non-ortho nitro benzene ring substituents is 1. The molecule has 0 radical (unpaired) electrons. The number of nitrogens with zero attached hydrogens (tertiary/aromatic N) is 2. The van der Waals surface area contributed by atoms with Crippen molar-refractivity contribution in [2.75, 3.05) is 0 Å². The molecule has 0 fully saturated rings. The lowest BCUT2D eigenvalue weighted by atomic mass is 10.2. The predicted octanol–water partition coefficient (Wildman–Crippen LogP) is 3.72. The lowest BCUT2D eigenvalue weighted by molar-refractivity contribution is -0.396. The van der Waals surface area contributed by atoms with Gasteiger partial charge in [0.15, 0.2) is 0 Å². The molecule has 104 valence electrons. The first-order valence-electron chi connectivity index (χ1n) is 5.71. The second-order valence-corrected chi connectivity index (χ2v) is 4.74. The van der Waals surface area contributed by atoms with Crippen LogP contribution in [0.3, 0.4) is 0 Å². The number of benzene rings is 1. The molecule has 0 aliphatic carbocycles. The van der Waals surface area contributed by atoms with E-state index in [1.165, 1.54) is 12.1 Å². The molecule has 0 amide bonds. The first-order chi connectivity index (χ1) is 8.95. The van der Waals surface area contributed by atoms with Gasteiger partial charge >= 0.3 is 0 Å². The molecule has 8 heteroatoms. The molecule has 0 saturated carbocycles. The molecular formula is C11H14N2O5S. The average molecular weight is 286 g/mol. The summed E-state index contributed by atoms with van der Waals surface area (Å²) in [6, 6.07) is 3.50.